The topological polar surface area (TPSA) is 111 Å². The third kappa shape index (κ3) is 4.39. The highest BCUT2D eigenvalue weighted by Crippen LogP contribution is 2.26. The number of thiophene rings is 1. The van der Waals surface area contributed by atoms with E-state index in [0.717, 1.165) is 30.4 Å². The Kier molecular flexibility index (Phi) is 6.43. The molecule has 4 rings (SSSR count). The maximum absolute atomic E-state index is 12.9. The second-order valence-corrected chi connectivity index (χ2v) is 8.50. The Morgan fingerprint density at radius 2 is 2.03 bits per heavy atom. The van der Waals surface area contributed by atoms with Crippen LogP contribution in [0, 0.1) is 0 Å². The molecule has 9 heteroatoms. The summed E-state index contributed by atoms with van der Waals surface area (Å²) in [4.78, 5) is 22.0. The van der Waals surface area contributed by atoms with Crippen molar-refractivity contribution in [2.75, 3.05) is 19.5 Å². The third-order valence-corrected chi connectivity index (χ3v) is 6.53. The van der Waals surface area contributed by atoms with Gasteiger partial charge in [-0.05, 0) is 25.0 Å². The van der Waals surface area contributed by atoms with Crippen LogP contribution in [0.3, 0.4) is 0 Å². The summed E-state index contributed by atoms with van der Waals surface area (Å²) in [5, 5.41) is 8.10. The second-order valence-electron chi connectivity index (χ2n) is 7.59. The van der Waals surface area contributed by atoms with Crippen molar-refractivity contribution in [3.63, 3.8) is 0 Å². The van der Waals surface area contributed by atoms with Crippen LogP contribution < -0.4 is 16.4 Å². The van der Waals surface area contributed by atoms with Crippen molar-refractivity contribution in [1.29, 1.82) is 0 Å². The molecule has 2 heterocycles. The van der Waals surface area contributed by atoms with Gasteiger partial charge in [-0.1, -0.05) is 18.9 Å². The van der Waals surface area contributed by atoms with Crippen LogP contribution in [0.1, 0.15) is 36.0 Å². The van der Waals surface area contributed by atoms with Gasteiger partial charge < -0.3 is 25.8 Å². The van der Waals surface area contributed by atoms with E-state index in [9.17, 15) is 4.79 Å². The van der Waals surface area contributed by atoms with Gasteiger partial charge >= 0.3 is 0 Å². The summed E-state index contributed by atoms with van der Waals surface area (Å²) in [5.74, 6) is 0.290. The highest BCUT2D eigenvalue weighted by Gasteiger charge is 2.24. The number of nitrogens with one attached hydrogen (secondary N) is 2. The number of methoxy groups -OCH3 is 2. The van der Waals surface area contributed by atoms with Crippen LogP contribution in [-0.2, 0) is 9.47 Å². The molecular formula is C21H27N5O3S. The van der Waals surface area contributed by atoms with Crippen LogP contribution in [-0.4, -0.2) is 54.4 Å². The first-order valence-corrected chi connectivity index (χ1v) is 11.0. The Morgan fingerprint density at radius 1 is 1.23 bits per heavy atom. The fraction of sp³-hybridized carbons (Fsp3) is 0.476. The number of anilines is 1. The largest absolute Gasteiger partial charge is 0.374 e. The van der Waals surface area contributed by atoms with E-state index in [1.165, 1.54) is 11.3 Å². The fourth-order valence-corrected chi connectivity index (χ4v) is 4.74. The molecule has 8 nitrogen and oxygen atoms in total. The number of allylic oxidation sites excluding steroid dienone is 1. The highest BCUT2D eigenvalue weighted by atomic mass is 32.1. The van der Waals surface area contributed by atoms with E-state index < -0.39 is 0 Å². The van der Waals surface area contributed by atoms with E-state index in [-0.39, 0.29) is 30.2 Å². The molecular weight excluding hydrogens is 402 g/mol. The maximum Gasteiger partial charge on any atom is 0.258 e. The van der Waals surface area contributed by atoms with Crippen molar-refractivity contribution < 1.29 is 14.3 Å². The van der Waals surface area contributed by atoms with E-state index >= 15 is 0 Å². The Bertz CT molecular complexity index is 973. The molecule has 0 spiro atoms. The van der Waals surface area contributed by atoms with Crippen LogP contribution in [0.5, 0.6) is 0 Å². The first kappa shape index (κ1) is 20.9. The first-order chi connectivity index (χ1) is 14.6. The van der Waals surface area contributed by atoms with Crippen molar-refractivity contribution in [3.8, 4) is 0 Å². The minimum atomic E-state index is -0.257. The zero-order chi connectivity index (χ0) is 21.1. The monoisotopic (exact) mass is 429 g/mol. The molecule has 1 amide bonds. The third-order valence-electron chi connectivity index (χ3n) is 5.63. The average molecular weight is 430 g/mol. The standard InChI is InChI=1S/C21H27N5O3S/c1-28-16-8-7-12(9-17(16)29-2)24-20(27)13-11-30-18-10-23-21(26-19(13)18)25-15-6-4-3-5-14(15)22/h7-11,14-17H,3-6,22H2,1-2H3,(H,24,27)(H,23,25,26)/t14-,15+,16?,17?/m0/s1. The number of hydrogen-bond acceptors (Lipinski definition) is 8. The van der Waals surface area contributed by atoms with Gasteiger partial charge in [0.15, 0.2) is 0 Å². The molecule has 0 bridgehead atoms. The lowest BCUT2D eigenvalue weighted by atomic mass is 9.91. The van der Waals surface area contributed by atoms with Crippen LogP contribution in [0.25, 0.3) is 10.2 Å². The van der Waals surface area contributed by atoms with E-state index in [4.69, 9.17) is 15.2 Å². The number of nitrogens with two attached hydrogens (primary N) is 1. The number of carbonyl (C=O) groups is 1. The van der Waals surface area contributed by atoms with Crippen LogP contribution >= 0.6 is 11.3 Å². The molecule has 2 aromatic rings. The molecule has 0 aromatic carbocycles. The quantitative estimate of drug-likeness (QED) is 0.647. The van der Waals surface area contributed by atoms with Gasteiger partial charge in [0.05, 0.1) is 22.0 Å². The predicted molar refractivity (Wildman–Crippen MR) is 118 cm³/mol. The van der Waals surface area contributed by atoms with Gasteiger partial charge in [-0.2, -0.15) is 0 Å². The smallest absolute Gasteiger partial charge is 0.258 e. The van der Waals surface area contributed by atoms with Crippen molar-refractivity contribution in [2.24, 2.45) is 5.73 Å². The second kappa shape index (κ2) is 9.22. The van der Waals surface area contributed by atoms with Crippen LogP contribution in [0.4, 0.5) is 5.95 Å². The zero-order valence-corrected chi connectivity index (χ0v) is 17.9. The molecule has 4 N–H and O–H groups in total. The summed E-state index contributed by atoms with van der Waals surface area (Å²) in [7, 11) is 3.24. The summed E-state index contributed by atoms with van der Waals surface area (Å²) in [6.45, 7) is 0. The van der Waals surface area contributed by atoms with Crippen molar-refractivity contribution in [3.05, 3.63) is 41.1 Å². The lowest BCUT2D eigenvalue weighted by molar-refractivity contribution is 0.0132. The number of amides is 1. The maximum atomic E-state index is 12.9. The number of nitrogens with zero attached hydrogens (tertiary/aromatic N) is 2. The Labute approximate surface area is 179 Å². The lowest BCUT2D eigenvalue weighted by Crippen LogP contribution is -2.42. The van der Waals surface area contributed by atoms with Crippen molar-refractivity contribution in [1.82, 2.24) is 15.3 Å². The van der Waals surface area contributed by atoms with Gasteiger partial charge in [-0.15, -0.1) is 11.3 Å². The summed E-state index contributed by atoms with van der Waals surface area (Å²) >= 11 is 1.45. The minimum absolute atomic E-state index is 0.0953. The summed E-state index contributed by atoms with van der Waals surface area (Å²) in [6.07, 6.45) is 11.2. The number of hydrogen-bond donors (Lipinski definition) is 3. The molecule has 1 saturated carbocycles. The zero-order valence-electron chi connectivity index (χ0n) is 17.1. The molecule has 2 aliphatic carbocycles. The van der Waals surface area contributed by atoms with Crippen LogP contribution in [0.2, 0.25) is 0 Å². The van der Waals surface area contributed by atoms with E-state index in [2.05, 4.69) is 20.6 Å². The first-order valence-electron chi connectivity index (χ1n) is 10.1. The van der Waals surface area contributed by atoms with Gasteiger partial charge in [0.25, 0.3) is 5.91 Å². The number of aromatic nitrogens is 2. The number of fused-ring (bicyclic) bond motifs is 1. The van der Waals surface area contributed by atoms with E-state index in [0.29, 0.717) is 22.7 Å². The lowest BCUT2D eigenvalue weighted by Gasteiger charge is -2.29. The normalized spacial score (nSPS) is 26.4. The van der Waals surface area contributed by atoms with Crippen LogP contribution in [0.15, 0.2) is 35.5 Å². The van der Waals surface area contributed by atoms with E-state index in [1.807, 2.05) is 23.6 Å². The number of rotatable bonds is 6. The van der Waals surface area contributed by atoms with Gasteiger partial charge in [0.2, 0.25) is 5.95 Å². The molecule has 1 fully saturated rings. The molecule has 160 valence electrons. The molecule has 4 atom stereocenters. The highest BCUT2D eigenvalue weighted by molar-refractivity contribution is 7.17. The summed E-state index contributed by atoms with van der Waals surface area (Å²) in [5.41, 5.74) is 8.05. The van der Waals surface area contributed by atoms with Crippen molar-refractivity contribution in [2.45, 2.75) is 50.0 Å². The molecule has 30 heavy (non-hydrogen) atoms. The SMILES string of the molecule is COC1C=CC(NC(=O)c2csc3cnc(N[C@@H]4CCCC[C@@H]4N)nc23)=CC1OC. The van der Waals surface area contributed by atoms with Gasteiger partial charge in [-0.25, -0.2) is 9.97 Å². The Balaban J connectivity index is 1.52. The minimum Gasteiger partial charge on any atom is -0.374 e. The molecule has 0 radical (unpaired) electrons. The Morgan fingerprint density at radius 3 is 2.80 bits per heavy atom. The molecule has 2 unspecified atom stereocenters. The predicted octanol–water partition coefficient (Wildman–Crippen LogP) is 2.59. The summed E-state index contributed by atoms with van der Waals surface area (Å²) in [6, 6.07) is 0.252. The van der Waals surface area contributed by atoms with Gasteiger partial charge in [-0.3, -0.25) is 4.79 Å². The molecule has 2 aromatic heterocycles. The molecule has 2 aliphatic rings. The average Bonchev–Trinajstić information content (AvgIpc) is 3.18. The van der Waals surface area contributed by atoms with Gasteiger partial charge in [0, 0.05) is 37.4 Å². The van der Waals surface area contributed by atoms with Gasteiger partial charge in [0.1, 0.15) is 12.2 Å². The van der Waals surface area contributed by atoms with E-state index in [1.54, 1.807) is 20.4 Å². The summed E-state index contributed by atoms with van der Waals surface area (Å²) < 4.78 is 11.6. The molecule has 0 aliphatic heterocycles. The fourth-order valence-electron chi connectivity index (χ4n) is 3.90. The number of ether oxygens (including phenoxy) is 2. The Hall–Kier alpha value is -2.33. The number of carbonyl (C=O) groups excluding carboxylic acids is 1. The van der Waals surface area contributed by atoms with Crippen molar-refractivity contribution >= 4 is 33.4 Å². The molecule has 0 saturated heterocycles.